The highest BCUT2D eigenvalue weighted by molar-refractivity contribution is 5.95. The van der Waals surface area contributed by atoms with Crippen LogP contribution in [0, 0.1) is 6.92 Å². The third-order valence-electron chi connectivity index (χ3n) is 4.06. The minimum atomic E-state index is -1.05. The molecule has 6 heteroatoms. The molecule has 26 heavy (non-hydrogen) atoms. The molecule has 3 rings (SSSR count). The summed E-state index contributed by atoms with van der Waals surface area (Å²) in [5.74, 6) is -0.300. The van der Waals surface area contributed by atoms with Crippen LogP contribution in [-0.2, 0) is 11.4 Å². The number of aliphatic carboxylic acids is 1. The van der Waals surface area contributed by atoms with Gasteiger partial charge in [-0.3, -0.25) is 14.6 Å². The zero-order chi connectivity index (χ0) is 18.5. The molecule has 0 saturated heterocycles. The predicted molar refractivity (Wildman–Crippen MR) is 98.2 cm³/mol. The average molecular weight is 352 g/mol. The van der Waals surface area contributed by atoms with Crippen LogP contribution >= 0.6 is 0 Å². The first-order valence-corrected chi connectivity index (χ1v) is 8.28. The number of anilines is 1. The monoisotopic (exact) mass is 352 g/mol. The van der Waals surface area contributed by atoms with Gasteiger partial charge in [-0.15, -0.1) is 0 Å². The van der Waals surface area contributed by atoms with E-state index in [1.807, 2.05) is 55.5 Å². The molecule has 0 bridgehead atoms. The Kier molecular flexibility index (Phi) is 5.22. The van der Waals surface area contributed by atoms with E-state index in [1.165, 1.54) is 16.0 Å². The fraction of sp³-hybridized carbons (Fsp3) is 0.200. The van der Waals surface area contributed by atoms with Gasteiger partial charge in [0.25, 0.3) is 0 Å². The van der Waals surface area contributed by atoms with Gasteiger partial charge in [-0.1, -0.05) is 30.3 Å². The number of ether oxygens (including phenoxy) is 1. The van der Waals surface area contributed by atoms with Crippen LogP contribution in [0.25, 0.3) is 0 Å². The van der Waals surface area contributed by atoms with Gasteiger partial charge in [-0.05, 0) is 42.3 Å². The normalized spacial score (nSPS) is 13.8. The Labute approximate surface area is 151 Å². The van der Waals surface area contributed by atoms with Gasteiger partial charge in [0.15, 0.2) is 0 Å². The molecule has 0 fully saturated rings. The van der Waals surface area contributed by atoms with Crippen LogP contribution < -0.4 is 9.64 Å². The van der Waals surface area contributed by atoms with Crippen molar-refractivity contribution in [2.75, 3.05) is 18.0 Å². The van der Waals surface area contributed by atoms with E-state index in [0.717, 1.165) is 16.9 Å². The van der Waals surface area contributed by atoms with Crippen molar-refractivity contribution in [1.29, 1.82) is 0 Å². The number of hydrogen-bond donors (Lipinski definition) is 1. The number of carbonyl (C=O) groups excluding carboxylic acids is 1. The maximum Gasteiger partial charge on any atom is 0.329 e. The van der Waals surface area contributed by atoms with Crippen LogP contribution in [0.1, 0.15) is 11.1 Å². The number of carboxylic acids is 1. The molecule has 0 radical (unpaired) electrons. The van der Waals surface area contributed by atoms with Crippen LogP contribution in [0.5, 0.6) is 5.75 Å². The molecule has 0 atom stereocenters. The van der Waals surface area contributed by atoms with Crippen molar-refractivity contribution >= 4 is 17.7 Å². The molecule has 2 amide bonds. The summed E-state index contributed by atoms with van der Waals surface area (Å²) in [6, 6.07) is 15.0. The lowest BCUT2D eigenvalue weighted by Crippen LogP contribution is -2.45. The fourth-order valence-corrected chi connectivity index (χ4v) is 2.76. The Morgan fingerprint density at radius 3 is 2.65 bits per heavy atom. The number of aryl methyl sites for hydroxylation is 1. The molecule has 0 spiro atoms. The van der Waals surface area contributed by atoms with Gasteiger partial charge in [0, 0.05) is 18.4 Å². The third-order valence-corrected chi connectivity index (χ3v) is 4.06. The van der Waals surface area contributed by atoms with Crippen LogP contribution in [0.2, 0.25) is 0 Å². The summed E-state index contributed by atoms with van der Waals surface area (Å²) in [6.07, 6.45) is 3.27. The van der Waals surface area contributed by atoms with E-state index in [1.54, 1.807) is 6.08 Å². The topological polar surface area (TPSA) is 70.1 Å². The zero-order valence-corrected chi connectivity index (χ0v) is 14.5. The number of hydrogen-bond acceptors (Lipinski definition) is 3. The van der Waals surface area contributed by atoms with Crippen molar-refractivity contribution < 1.29 is 19.4 Å². The molecular formula is C20H20N2O4. The van der Waals surface area contributed by atoms with Gasteiger partial charge < -0.3 is 9.84 Å². The quantitative estimate of drug-likeness (QED) is 0.865. The molecule has 1 aliphatic rings. The number of carboxylic acid groups (broad SMARTS) is 1. The summed E-state index contributed by atoms with van der Waals surface area (Å²) in [5.41, 5.74) is 2.70. The van der Waals surface area contributed by atoms with E-state index < -0.39 is 5.97 Å². The second kappa shape index (κ2) is 7.74. The number of benzene rings is 2. The van der Waals surface area contributed by atoms with Crippen molar-refractivity contribution in [2.45, 2.75) is 13.5 Å². The minimum absolute atomic E-state index is 0.354. The smallest absolute Gasteiger partial charge is 0.329 e. The summed E-state index contributed by atoms with van der Waals surface area (Å²) in [6.45, 7) is 2.43. The van der Waals surface area contributed by atoms with Crippen LogP contribution in [0.3, 0.4) is 0 Å². The van der Waals surface area contributed by atoms with Crippen molar-refractivity contribution in [3.63, 3.8) is 0 Å². The molecule has 0 saturated carbocycles. The molecule has 2 aromatic carbocycles. The Morgan fingerprint density at radius 1 is 1.19 bits per heavy atom. The van der Waals surface area contributed by atoms with Crippen LogP contribution in [-0.4, -0.2) is 35.1 Å². The van der Waals surface area contributed by atoms with Crippen molar-refractivity contribution in [3.05, 3.63) is 71.9 Å². The Morgan fingerprint density at radius 2 is 1.96 bits per heavy atom. The molecular weight excluding hydrogens is 332 g/mol. The molecule has 134 valence electrons. The first-order chi connectivity index (χ1) is 12.5. The van der Waals surface area contributed by atoms with E-state index in [-0.39, 0.29) is 12.6 Å². The standard InChI is InChI=1S/C20H20N2O4/c1-15-12-17(22-11-5-10-21(20(22)25)13-19(23)24)8-9-18(15)26-14-16-6-3-2-4-7-16/h2-10,12H,11,13-14H2,1H3,(H,23,24). The van der Waals surface area contributed by atoms with Crippen molar-refractivity contribution in [1.82, 2.24) is 4.90 Å². The number of rotatable bonds is 6. The molecule has 1 heterocycles. The largest absolute Gasteiger partial charge is 0.489 e. The molecule has 0 aromatic heterocycles. The highest BCUT2D eigenvalue weighted by atomic mass is 16.5. The summed E-state index contributed by atoms with van der Waals surface area (Å²) < 4.78 is 5.86. The summed E-state index contributed by atoms with van der Waals surface area (Å²) in [4.78, 5) is 26.1. The van der Waals surface area contributed by atoms with E-state index >= 15 is 0 Å². The number of carbonyl (C=O) groups is 2. The fourth-order valence-electron chi connectivity index (χ4n) is 2.76. The second-order valence-electron chi connectivity index (χ2n) is 6.02. The van der Waals surface area contributed by atoms with Gasteiger partial charge in [0.2, 0.25) is 0 Å². The van der Waals surface area contributed by atoms with Gasteiger partial charge in [0.05, 0.1) is 0 Å². The molecule has 2 aromatic rings. The van der Waals surface area contributed by atoms with E-state index in [2.05, 4.69) is 0 Å². The number of amides is 2. The maximum atomic E-state index is 12.5. The van der Waals surface area contributed by atoms with E-state index in [9.17, 15) is 9.59 Å². The van der Waals surface area contributed by atoms with Gasteiger partial charge in [-0.2, -0.15) is 0 Å². The number of nitrogens with zero attached hydrogens (tertiary/aromatic N) is 2. The van der Waals surface area contributed by atoms with Gasteiger partial charge in [-0.25, -0.2) is 4.79 Å². The zero-order valence-electron chi connectivity index (χ0n) is 14.5. The Hall–Kier alpha value is -3.28. The molecule has 0 aliphatic carbocycles. The van der Waals surface area contributed by atoms with E-state index in [0.29, 0.717) is 18.8 Å². The molecule has 0 unspecified atom stereocenters. The third kappa shape index (κ3) is 4.03. The highest BCUT2D eigenvalue weighted by Gasteiger charge is 2.25. The molecule has 1 N–H and O–H groups in total. The predicted octanol–water partition coefficient (Wildman–Crippen LogP) is 3.41. The molecule has 6 nitrogen and oxygen atoms in total. The van der Waals surface area contributed by atoms with Crippen LogP contribution in [0.15, 0.2) is 60.8 Å². The SMILES string of the molecule is Cc1cc(N2CC=CN(CC(=O)O)C2=O)ccc1OCc1ccccc1. The Balaban J connectivity index is 1.72. The maximum absolute atomic E-state index is 12.5. The Bertz CT molecular complexity index is 833. The van der Waals surface area contributed by atoms with Gasteiger partial charge >= 0.3 is 12.0 Å². The van der Waals surface area contributed by atoms with Crippen molar-refractivity contribution in [3.8, 4) is 5.75 Å². The number of urea groups is 1. The molecule has 1 aliphatic heterocycles. The van der Waals surface area contributed by atoms with Crippen LogP contribution in [0.4, 0.5) is 10.5 Å². The lowest BCUT2D eigenvalue weighted by atomic mass is 10.1. The summed E-state index contributed by atoms with van der Waals surface area (Å²) in [5, 5.41) is 8.91. The lowest BCUT2D eigenvalue weighted by molar-refractivity contribution is -0.137. The highest BCUT2D eigenvalue weighted by Crippen LogP contribution is 2.27. The average Bonchev–Trinajstić information content (AvgIpc) is 2.63. The first kappa shape index (κ1) is 17.5. The lowest BCUT2D eigenvalue weighted by Gasteiger charge is -2.30. The second-order valence-corrected chi connectivity index (χ2v) is 6.02. The van der Waals surface area contributed by atoms with Crippen molar-refractivity contribution in [2.24, 2.45) is 0 Å². The van der Waals surface area contributed by atoms with E-state index in [4.69, 9.17) is 9.84 Å². The minimum Gasteiger partial charge on any atom is -0.489 e. The van der Waals surface area contributed by atoms with Gasteiger partial charge in [0.1, 0.15) is 18.9 Å². The summed E-state index contributed by atoms with van der Waals surface area (Å²) >= 11 is 0. The summed E-state index contributed by atoms with van der Waals surface area (Å²) in [7, 11) is 0. The first-order valence-electron chi connectivity index (χ1n) is 8.28.